The molecule has 1 aliphatic heterocycles. The van der Waals surface area contributed by atoms with Gasteiger partial charge >= 0.3 is 5.97 Å². The lowest BCUT2D eigenvalue weighted by atomic mass is 9.93. The molecule has 0 spiro atoms. The van der Waals surface area contributed by atoms with E-state index in [1.807, 2.05) is 13.0 Å². The maximum atomic E-state index is 11.4. The number of carbonyl (C=O) groups is 1. The molecular formula is C14H21N3O2. The van der Waals surface area contributed by atoms with Crippen LogP contribution in [0.2, 0.25) is 0 Å². The lowest BCUT2D eigenvalue weighted by molar-refractivity contribution is -0.143. The van der Waals surface area contributed by atoms with Crippen molar-refractivity contribution in [3.8, 4) is 0 Å². The first-order chi connectivity index (χ1) is 9.29. The van der Waals surface area contributed by atoms with Crippen molar-refractivity contribution in [2.24, 2.45) is 5.92 Å². The van der Waals surface area contributed by atoms with Crippen LogP contribution in [0.3, 0.4) is 0 Å². The van der Waals surface area contributed by atoms with Gasteiger partial charge in [0.25, 0.3) is 0 Å². The van der Waals surface area contributed by atoms with E-state index in [0.29, 0.717) is 18.9 Å². The van der Waals surface area contributed by atoms with Crippen molar-refractivity contribution >= 4 is 11.9 Å². The van der Waals surface area contributed by atoms with E-state index < -0.39 is 0 Å². The van der Waals surface area contributed by atoms with Crippen molar-refractivity contribution < 1.29 is 9.53 Å². The molecule has 0 aliphatic carbocycles. The summed E-state index contributed by atoms with van der Waals surface area (Å²) in [6, 6.07) is 1.83. The minimum atomic E-state index is -0.0874. The van der Waals surface area contributed by atoms with Gasteiger partial charge in [-0.05, 0) is 38.2 Å². The summed E-state index contributed by atoms with van der Waals surface area (Å²) in [6.45, 7) is 4.24. The second kappa shape index (κ2) is 7.07. The normalized spacial score (nSPS) is 19.2. The third kappa shape index (κ3) is 4.19. The lowest BCUT2D eigenvalue weighted by Crippen LogP contribution is -2.36. The highest BCUT2D eigenvalue weighted by Crippen LogP contribution is 2.23. The molecule has 2 rings (SSSR count). The average molecular weight is 263 g/mol. The Labute approximate surface area is 114 Å². The molecule has 104 valence electrons. The largest absolute Gasteiger partial charge is 0.466 e. The van der Waals surface area contributed by atoms with E-state index >= 15 is 0 Å². The first kappa shape index (κ1) is 13.8. The zero-order valence-electron chi connectivity index (χ0n) is 11.4. The Balaban J connectivity index is 1.82. The van der Waals surface area contributed by atoms with Crippen molar-refractivity contribution in [1.29, 1.82) is 0 Å². The van der Waals surface area contributed by atoms with Gasteiger partial charge in [-0.2, -0.15) is 0 Å². The number of nitrogens with zero attached hydrogens (tertiary/aromatic N) is 3. The van der Waals surface area contributed by atoms with Gasteiger partial charge in [0.05, 0.1) is 6.61 Å². The van der Waals surface area contributed by atoms with E-state index in [1.165, 1.54) is 6.42 Å². The molecule has 0 N–H and O–H groups in total. The summed E-state index contributed by atoms with van der Waals surface area (Å²) >= 11 is 0. The maximum absolute atomic E-state index is 11.4. The smallest absolute Gasteiger partial charge is 0.305 e. The van der Waals surface area contributed by atoms with Crippen LogP contribution in [0.15, 0.2) is 18.5 Å². The second-order valence-electron chi connectivity index (χ2n) is 4.85. The third-order valence-electron chi connectivity index (χ3n) is 3.42. The van der Waals surface area contributed by atoms with Crippen LogP contribution in [-0.2, 0) is 9.53 Å². The van der Waals surface area contributed by atoms with E-state index in [1.54, 1.807) is 12.4 Å². The molecule has 2 heterocycles. The molecule has 5 nitrogen and oxygen atoms in total. The second-order valence-corrected chi connectivity index (χ2v) is 4.85. The summed E-state index contributed by atoms with van der Waals surface area (Å²) in [4.78, 5) is 22.2. The van der Waals surface area contributed by atoms with Crippen LogP contribution in [0.25, 0.3) is 0 Å². The highest BCUT2D eigenvalue weighted by molar-refractivity contribution is 5.69. The van der Waals surface area contributed by atoms with Gasteiger partial charge in [0.15, 0.2) is 0 Å². The molecule has 0 aromatic carbocycles. The number of rotatable bonds is 5. The van der Waals surface area contributed by atoms with Crippen molar-refractivity contribution in [2.75, 3.05) is 24.6 Å². The number of esters is 1. The minimum Gasteiger partial charge on any atom is -0.466 e. The van der Waals surface area contributed by atoms with E-state index in [-0.39, 0.29) is 5.97 Å². The number of aromatic nitrogens is 2. The topological polar surface area (TPSA) is 55.3 Å². The van der Waals surface area contributed by atoms with Gasteiger partial charge < -0.3 is 9.64 Å². The van der Waals surface area contributed by atoms with Crippen LogP contribution < -0.4 is 4.90 Å². The highest BCUT2D eigenvalue weighted by Gasteiger charge is 2.22. The summed E-state index contributed by atoms with van der Waals surface area (Å²) in [5.41, 5.74) is 0. The summed E-state index contributed by atoms with van der Waals surface area (Å²) in [5.74, 6) is 1.24. The molecule has 0 amide bonds. The molecule has 0 saturated carbocycles. The van der Waals surface area contributed by atoms with Crippen LogP contribution in [-0.4, -0.2) is 35.6 Å². The third-order valence-corrected chi connectivity index (χ3v) is 3.42. The monoisotopic (exact) mass is 263 g/mol. The summed E-state index contributed by atoms with van der Waals surface area (Å²) in [7, 11) is 0. The molecule has 1 atom stereocenters. The predicted octanol–water partition coefficient (Wildman–Crippen LogP) is 2.04. The van der Waals surface area contributed by atoms with Crippen LogP contribution in [0, 0.1) is 5.92 Å². The zero-order chi connectivity index (χ0) is 13.5. The molecule has 19 heavy (non-hydrogen) atoms. The Bertz CT molecular complexity index is 397. The minimum absolute atomic E-state index is 0.0874. The number of piperidine rings is 1. The molecule has 5 heteroatoms. The zero-order valence-corrected chi connectivity index (χ0v) is 11.4. The standard InChI is InChI=1S/C14H21N3O2/c1-2-19-13(18)7-6-12-5-3-10-17(11-12)14-15-8-4-9-16-14/h4,8-9,12H,2-3,5-7,10-11H2,1H3/t12-/m1/s1. The Morgan fingerprint density at radius 3 is 3.00 bits per heavy atom. The number of carbonyl (C=O) groups excluding carboxylic acids is 1. The molecule has 0 bridgehead atoms. The van der Waals surface area contributed by atoms with Crippen LogP contribution in [0.5, 0.6) is 0 Å². The van der Waals surface area contributed by atoms with Crippen molar-refractivity contribution in [3.05, 3.63) is 18.5 Å². The first-order valence-corrected chi connectivity index (χ1v) is 6.97. The molecule has 1 saturated heterocycles. The van der Waals surface area contributed by atoms with Crippen molar-refractivity contribution in [3.63, 3.8) is 0 Å². The summed E-state index contributed by atoms with van der Waals surface area (Å²) in [6.07, 6.45) is 7.24. The van der Waals surface area contributed by atoms with Crippen molar-refractivity contribution in [1.82, 2.24) is 9.97 Å². The Morgan fingerprint density at radius 2 is 2.26 bits per heavy atom. The van der Waals surface area contributed by atoms with Crippen LogP contribution >= 0.6 is 0 Å². The fourth-order valence-corrected chi connectivity index (χ4v) is 2.49. The molecule has 0 radical (unpaired) electrons. The van der Waals surface area contributed by atoms with Gasteiger partial charge in [-0.15, -0.1) is 0 Å². The lowest BCUT2D eigenvalue weighted by Gasteiger charge is -2.32. The van der Waals surface area contributed by atoms with Gasteiger partial charge in [-0.1, -0.05) is 0 Å². The molecular weight excluding hydrogens is 242 g/mol. The first-order valence-electron chi connectivity index (χ1n) is 6.97. The highest BCUT2D eigenvalue weighted by atomic mass is 16.5. The Kier molecular flexibility index (Phi) is 5.12. The van der Waals surface area contributed by atoms with Crippen LogP contribution in [0.1, 0.15) is 32.6 Å². The Morgan fingerprint density at radius 1 is 1.47 bits per heavy atom. The fourth-order valence-electron chi connectivity index (χ4n) is 2.49. The van der Waals surface area contributed by atoms with Gasteiger partial charge in [0, 0.05) is 31.9 Å². The summed E-state index contributed by atoms with van der Waals surface area (Å²) in [5, 5.41) is 0. The number of ether oxygens (including phenoxy) is 1. The quantitative estimate of drug-likeness (QED) is 0.761. The predicted molar refractivity (Wildman–Crippen MR) is 72.8 cm³/mol. The van der Waals surface area contributed by atoms with Crippen LogP contribution in [0.4, 0.5) is 5.95 Å². The number of hydrogen-bond acceptors (Lipinski definition) is 5. The van der Waals surface area contributed by atoms with Crippen molar-refractivity contribution in [2.45, 2.75) is 32.6 Å². The van der Waals surface area contributed by atoms with E-state index in [2.05, 4.69) is 14.9 Å². The van der Waals surface area contributed by atoms with E-state index in [0.717, 1.165) is 31.9 Å². The molecule has 0 unspecified atom stereocenters. The summed E-state index contributed by atoms with van der Waals surface area (Å²) < 4.78 is 4.97. The molecule has 1 aromatic rings. The number of anilines is 1. The van der Waals surface area contributed by atoms with Gasteiger partial charge in [0.2, 0.25) is 5.95 Å². The van der Waals surface area contributed by atoms with E-state index in [9.17, 15) is 4.79 Å². The fraction of sp³-hybridized carbons (Fsp3) is 0.643. The number of hydrogen-bond donors (Lipinski definition) is 0. The SMILES string of the molecule is CCOC(=O)CC[C@H]1CCCN(c2ncccn2)C1. The molecule has 1 aliphatic rings. The maximum Gasteiger partial charge on any atom is 0.305 e. The van der Waals surface area contributed by atoms with Gasteiger partial charge in [-0.25, -0.2) is 9.97 Å². The van der Waals surface area contributed by atoms with Gasteiger partial charge in [-0.3, -0.25) is 4.79 Å². The average Bonchev–Trinajstić information content (AvgIpc) is 2.47. The molecule has 1 fully saturated rings. The molecule has 1 aromatic heterocycles. The van der Waals surface area contributed by atoms with E-state index in [4.69, 9.17) is 4.74 Å². The van der Waals surface area contributed by atoms with Gasteiger partial charge in [0.1, 0.15) is 0 Å². The Hall–Kier alpha value is -1.65.